The molecule has 0 saturated heterocycles. The van der Waals surface area contributed by atoms with Crippen LogP contribution in [0.1, 0.15) is 11.1 Å². The molecule has 0 atom stereocenters. The lowest BCUT2D eigenvalue weighted by Gasteiger charge is -2.20. The van der Waals surface area contributed by atoms with Crippen LogP contribution in [0.4, 0.5) is 10.1 Å². The third-order valence-corrected chi connectivity index (χ3v) is 3.66. The lowest BCUT2D eigenvalue weighted by atomic mass is 10.1. The minimum atomic E-state index is -0.246. The maximum atomic E-state index is 13.8. The Morgan fingerprint density at radius 2 is 2.05 bits per heavy atom. The third-order valence-electron chi connectivity index (χ3n) is 3.66. The summed E-state index contributed by atoms with van der Waals surface area (Å²) < 4.78 is 13.8. The van der Waals surface area contributed by atoms with Gasteiger partial charge in [-0.1, -0.05) is 18.1 Å². The highest BCUT2D eigenvalue weighted by Crippen LogP contribution is 2.23. The Morgan fingerprint density at radius 3 is 2.86 bits per heavy atom. The molecule has 22 heavy (non-hydrogen) atoms. The largest absolute Gasteiger partial charge is 0.370 e. The maximum Gasteiger partial charge on any atom is 0.132 e. The number of fused-ring (bicyclic) bond motifs is 1. The molecule has 3 aromatic rings. The van der Waals surface area contributed by atoms with Gasteiger partial charge >= 0.3 is 0 Å². The quantitative estimate of drug-likeness (QED) is 0.678. The number of benzene rings is 2. The standard InChI is InChI=1S/C19H15FN2/c1-3-14-6-4-7-16(12-14)22(2)13-15-9-10-18(20)17-8-5-11-21-19(15)17/h1,4-12H,13H2,2H3. The average Bonchev–Trinajstić information content (AvgIpc) is 2.57. The first-order valence-electron chi connectivity index (χ1n) is 6.99. The van der Waals surface area contributed by atoms with Gasteiger partial charge in [0.15, 0.2) is 0 Å². The molecule has 0 N–H and O–H groups in total. The second-order valence-electron chi connectivity index (χ2n) is 5.16. The number of pyridine rings is 1. The summed E-state index contributed by atoms with van der Waals surface area (Å²) in [4.78, 5) is 6.40. The predicted octanol–water partition coefficient (Wildman–Crippen LogP) is 3.99. The van der Waals surface area contributed by atoms with Gasteiger partial charge in [-0.05, 0) is 42.0 Å². The molecule has 1 aromatic heterocycles. The lowest BCUT2D eigenvalue weighted by Crippen LogP contribution is -2.17. The van der Waals surface area contributed by atoms with Gasteiger partial charge in [0.2, 0.25) is 0 Å². The maximum absolute atomic E-state index is 13.8. The van der Waals surface area contributed by atoms with E-state index in [1.807, 2.05) is 31.3 Å². The fourth-order valence-corrected chi connectivity index (χ4v) is 2.50. The van der Waals surface area contributed by atoms with Crippen molar-refractivity contribution in [2.75, 3.05) is 11.9 Å². The van der Waals surface area contributed by atoms with Gasteiger partial charge in [0.1, 0.15) is 5.82 Å². The molecule has 0 aliphatic rings. The van der Waals surface area contributed by atoms with Crippen molar-refractivity contribution in [3.8, 4) is 12.3 Å². The molecular formula is C19H15FN2. The number of halogens is 1. The molecule has 0 bridgehead atoms. The van der Waals surface area contributed by atoms with Crippen LogP contribution >= 0.6 is 0 Å². The molecule has 0 fully saturated rings. The molecule has 2 nitrogen and oxygen atoms in total. The van der Waals surface area contributed by atoms with E-state index in [1.54, 1.807) is 24.4 Å². The molecule has 3 rings (SSSR count). The molecule has 0 unspecified atom stereocenters. The first-order valence-corrected chi connectivity index (χ1v) is 6.99. The van der Waals surface area contributed by atoms with E-state index < -0.39 is 0 Å². The highest BCUT2D eigenvalue weighted by atomic mass is 19.1. The van der Waals surface area contributed by atoms with E-state index in [-0.39, 0.29) is 5.82 Å². The SMILES string of the molecule is C#Cc1cccc(N(C)Cc2ccc(F)c3cccnc23)c1. The summed E-state index contributed by atoms with van der Waals surface area (Å²) in [5.41, 5.74) is 3.53. The van der Waals surface area contributed by atoms with Crippen LogP contribution in [-0.2, 0) is 6.54 Å². The van der Waals surface area contributed by atoms with E-state index in [0.717, 1.165) is 16.8 Å². The van der Waals surface area contributed by atoms with E-state index in [1.165, 1.54) is 6.07 Å². The summed E-state index contributed by atoms with van der Waals surface area (Å²) in [5.74, 6) is 2.39. The van der Waals surface area contributed by atoms with Crippen LogP contribution in [0.2, 0.25) is 0 Å². The summed E-state index contributed by atoms with van der Waals surface area (Å²) in [6, 6.07) is 14.6. The summed E-state index contributed by atoms with van der Waals surface area (Å²) in [5, 5.41) is 0.547. The minimum absolute atomic E-state index is 0.246. The monoisotopic (exact) mass is 290 g/mol. The number of aromatic nitrogens is 1. The van der Waals surface area contributed by atoms with Crippen molar-refractivity contribution >= 4 is 16.6 Å². The minimum Gasteiger partial charge on any atom is -0.370 e. The molecule has 0 aliphatic carbocycles. The molecule has 0 aliphatic heterocycles. The molecule has 3 heteroatoms. The summed E-state index contributed by atoms with van der Waals surface area (Å²) in [7, 11) is 1.98. The van der Waals surface area contributed by atoms with Crippen molar-refractivity contribution in [3.05, 3.63) is 71.7 Å². The first-order chi connectivity index (χ1) is 10.7. The van der Waals surface area contributed by atoms with E-state index in [4.69, 9.17) is 6.42 Å². The second-order valence-corrected chi connectivity index (χ2v) is 5.16. The topological polar surface area (TPSA) is 16.1 Å². The van der Waals surface area contributed by atoms with Crippen LogP contribution in [0.3, 0.4) is 0 Å². The zero-order valence-electron chi connectivity index (χ0n) is 12.3. The van der Waals surface area contributed by atoms with E-state index >= 15 is 0 Å². The Bertz CT molecular complexity index is 865. The highest BCUT2D eigenvalue weighted by Gasteiger charge is 2.09. The second kappa shape index (κ2) is 5.87. The molecule has 0 spiro atoms. The molecule has 0 radical (unpaired) electrons. The van der Waals surface area contributed by atoms with Gasteiger partial charge in [-0.25, -0.2) is 4.39 Å². The Labute approximate surface area is 129 Å². The van der Waals surface area contributed by atoms with Crippen LogP contribution in [0.15, 0.2) is 54.7 Å². The van der Waals surface area contributed by atoms with Crippen LogP contribution < -0.4 is 4.90 Å². The highest BCUT2D eigenvalue weighted by molar-refractivity contribution is 5.82. The fourth-order valence-electron chi connectivity index (χ4n) is 2.50. The zero-order valence-corrected chi connectivity index (χ0v) is 12.3. The number of nitrogens with zero attached hydrogens (tertiary/aromatic N) is 2. The van der Waals surface area contributed by atoms with Gasteiger partial charge in [0.25, 0.3) is 0 Å². The Hall–Kier alpha value is -2.86. The zero-order chi connectivity index (χ0) is 15.5. The van der Waals surface area contributed by atoms with Gasteiger partial charge in [-0.15, -0.1) is 6.42 Å². The number of rotatable bonds is 3. The normalized spacial score (nSPS) is 10.4. The van der Waals surface area contributed by atoms with Crippen molar-refractivity contribution in [1.82, 2.24) is 4.98 Å². The third kappa shape index (κ3) is 2.64. The van der Waals surface area contributed by atoms with Gasteiger partial charge in [0.05, 0.1) is 5.52 Å². The Balaban J connectivity index is 1.96. The number of hydrogen-bond donors (Lipinski definition) is 0. The smallest absolute Gasteiger partial charge is 0.132 e. The fraction of sp³-hybridized carbons (Fsp3) is 0.105. The number of anilines is 1. The molecule has 0 amide bonds. The van der Waals surface area contributed by atoms with Gasteiger partial charge < -0.3 is 4.90 Å². The molecule has 108 valence electrons. The van der Waals surface area contributed by atoms with Gasteiger partial charge in [-0.3, -0.25) is 4.98 Å². The Morgan fingerprint density at radius 1 is 1.18 bits per heavy atom. The van der Waals surface area contributed by atoms with Crippen LogP contribution in [0.5, 0.6) is 0 Å². The summed E-state index contributed by atoms with van der Waals surface area (Å²) in [6.07, 6.45) is 7.13. The van der Waals surface area contributed by atoms with Crippen molar-refractivity contribution < 1.29 is 4.39 Å². The number of hydrogen-bond acceptors (Lipinski definition) is 2. The van der Waals surface area contributed by atoms with Crippen molar-refractivity contribution in [3.63, 3.8) is 0 Å². The number of terminal acetylenes is 1. The molecule has 2 aromatic carbocycles. The molecular weight excluding hydrogens is 275 g/mol. The van der Waals surface area contributed by atoms with Crippen LogP contribution in [-0.4, -0.2) is 12.0 Å². The van der Waals surface area contributed by atoms with Crippen LogP contribution in [0, 0.1) is 18.2 Å². The Kier molecular flexibility index (Phi) is 3.76. The van der Waals surface area contributed by atoms with Gasteiger partial charge in [-0.2, -0.15) is 0 Å². The van der Waals surface area contributed by atoms with Crippen molar-refractivity contribution in [2.45, 2.75) is 6.54 Å². The summed E-state index contributed by atoms with van der Waals surface area (Å²) >= 11 is 0. The average molecular weight is 290 g/mol. The molecule has 1 heterocycles. The predicted molar refractivity (Wildman–Crippen MR) is 88.2 cm³/mol. The summed E-state index contributed by atoms with van der Waals surface area (Å²) in [6.45, 7) is 0.627. The molecule has 0 saturated carbocycles. The van der Waals surface area contributed by atoms with Crippen molar-refractivity contribution in [2.24, 2.45) is 0 Å². The van der Waals surface area contributed by atoms with E-state index in [0.29, 0.717) is 17.4 Å². The van der Waals surface area contributed by atoms with Crippen molar-refractivity contribution in [1.29, 1.82) is 0 Å². The van der Waals surface area contributed by atoms with Crippen LogP contribution in [0.25, 0.3) is 10.9 Å². The first kappa shape index (κ1) is 14.1. The van der Waals surface area contributed by atoms with E-state index in [9.17, 15) is 4.39 Å². The lowest BCUT2D eigenvalue weighted by molar-refractivity contribution is 0.639. The van der Waals surface area contributed by atoms with Gasteiger partial charge in [0, 0.05) is 36.4 Å². The van der Waals surface area contributed by atoms with E-state index in [2.05, 4.69) is 15.8 Å².